The van der Waals surface area contributed by atoms with Gasteiger partial charge in [-0.15, -0.1) is 11.3 Å². The SMILES string of the molecule is CC(C)(C)c1csc(CC(C(=O)O)C(=O)O)n1. The van der Waals surface area contributed by atoms with Crippen molar-refractivity contribution in [1.29, 1.82) is 0 Å². The van der Waals surface area contributed by atoms with Crippen molar-refractivity contribution in [3.8, 4) is 0 Å². The molecule has 17 heavy (non-hydrogen) atoms. The molecule has 0 aliphatic carbocycles. The highest BCUT2D eigenvalue weighted by Gasteiger charge is 2.28. The molecular formula is C11H15NO4S. The largest absolute Gasteiger partial charge is 0.481 e. The van der Waals surface area contributed by atoms with E-state index >= 15 is 0 Å². The van der Waals surface area contributed by atoms with E-state index in [0.717, 1.165) is 5.69 Å². The van der Waals surface area contributed by atoms with Crippen LogP contribution in [0.5, 0.6) is 0 Å². The third-order valence-corrected chi connectivity index (χ3v) is 3.17. The molecule has 1 aromatic rings. The molecule has 6 heteroatoms. The summed E-state index contributed by atoms with van der Waals surface area (Å²) in [5.41, 5.74) is 0.739. The van der Waals surface area contributed by atoms with Gasteiger partial charge in [0.2, 0.25) is 0 Å². The standard InChI is InChI=1S/C11H15NO4S/c1-11(2,3)7-5-17-8(12-7)4-6(9(13)14)10(15)16/h5-6H,4H2,1-3H3,(H,13,14)(H,15,16). The van der Waals surface area contributed by atoms with Gasteiger partial charge in [-0.2, -0.15) is 0 Å². The van der Waals surface area contributed by atoms with Crippen LogP contribution in [0.4, 0.5) is 0 Å². The molecule has 0 bridgehead atoms. The van der Waals surface area contributed by atoms with Crippen LogP contribution in [0.1, 0.15) is 31.5 Å². The van der Waals surface area contributed by atoms with Crippen molar-refractivity contribution in [3.05, 3.63) is 16.1 Å². The first-order valence-corrected chi connectivity index (χ1v) is 6.00. The number of hydrogen-bond donors (Lipinski definition) is 2. The summed E-state index contributed by atoms with van der Waals surface area (Å²) in [5.74, 6) is -4.08. The van der Waals surface area contributed by atoms with E-state index in [4.69, 9.17) is 10.2 Å². The number of nitrogens with zero attached hydrogens (tertiary/aromatic N) is 1. The Morgan fingerprint density at radius 1 is 1.35 bits per heavy atom. The van der Waals surface area contributed by atoms with Crippen LogP contribution in [0.15, 0.2) is 5.38 Å². The molecule has 0 spiro atoms. The summed E-state index contributed by atoms with van der Waals surface area (Å²) >= 11 is 1.30. The van der Waals surface area contributed by atoms with Gasteiger partial charge >= 0.3 is 11.9 Å². The Morgan fingerprint density at radius 3 is 2.24 bits per heavy atom. The van der Waals surface area contributed by atoms with E-state index in [-0.39, 0.29) is 11.8 Å². The fraction of sp³-hybridized carbons (Fsp3) is 0.545. The number of aromatic nitrogens is 1. The molecule has 2 N–H and O–H groups in total. The number of aliphatic carboxylic acids is 2. The normalized spacial score (nSPS) is 11.8. The van der Waals surface area contributed by atoms with Gasteiger partial charge in [0.15, 0.2) is 5.92 Å². The highest BCUT2D eigenvalue weighted by atomic mass is 32.1. The Balaban J connectivity index is 2.85. The molecule has 5 nitrogen and oxygen atoms in total. The zero-order valence-electron chi connectivity index (χ0n) is 9.93. The molecule has 0 amide bonds. The van der Waals surface area contributed by atoms with Gasteiger partial charge in [-0.1, -0.05) is 20.8 Å². The van der Waals surface area contributed by atoms with Crippen LogP contribution in [0, 0.1) is 5.92 Å². The van der Waals surface area contributed by atoms with E-state index in [2.05, 4.69) is 4.98 Å². The van der Waals surface area contributed by atoms with Crippen molar-refractivity contribution in [3.63, 3.8) is 0 Å². The van der Waals surface area contributed by atoms with E-state index in [1.165, 1.54) is 11.3 Å². The molecule has 0 aliphatic heterocycles. The summed E-state index contributed by atoms with van der Waals surface area (Å²) in [4.78, 5) is 25.8. The molecule has 94 valence electrons. The van der Waals surface area contributed by atoms with Crippen LogP contribution in [0.25, 0.3) is 0 Å². The van der Waals surface area contributed by atoms with Crippen molar-refractivity contribution in [2.45, 2.75) is 32.6 Å². The van der Waals surface area contributed by atoms with Crippen molar-refractivity contribution in [2.75, 3.05) is 0 Å². The Kier molecular flexibility index (Phi) is 3.87. The van der Waals surface area contributed by atoms with Crippen LogP contribution in [0.3, 0.4) is 0 Å². The van der Waals surface area contributed by atoms with Crippen LogP contribution in [-0.4, -0.2) is 27.1 Å². The van der Waals surface area contributed by atoms with E-state index in [1.807, 2.05) is 26.2 Å². The maximum Gasteiger partial charge on any atom is 0.318 e. The molecule has 0 unspecified atom stereocenters. The maximum atomic E-state index is 10.7. The van der Waals surface area contributed by atoms with Gasteiger partial charge in [-0.25, -0.2) is 4.98 Å². The van der Waals surface area contributed by atoms with Crippen molar-refractivity contribution < 1.29 is 19.8 Å². The smallest absolute Gasteiger partial charge is 0.318 e. The molecular weight excluding hydrogens is 242 g/mol. The van der Waals surface area contributed by atoms with Crippen LogP contribution < -0.4 is 0 Å². The van der Waals surface area contributed by atoms with Crippen molar-refractivity contribution in [1.82, 2.24) is 4.98 Å². The average Bonchev–Trinajstić information content (AvgIpc) is 2.60. The minimum absolute atomic E-state index is 0.0641. The maximum absolute atomic E-state index is 10.7. The Hall–Kier alpha value is -1.43. The van der Waals surface area contributed by atoms with Gasteiger partial charge in [0.1, 0.15) is 0 Å². The number of hydrogen-bond acceptors (Lipinski definition) is 4. The van der Waals surface area contributed by atoms with E-state index in [0.29, 0.717) is 5.01 Å². The summed E-state index contributed by atoms with van der Waals surface area (Å²) in [7, 11) is 0. The van der Waals surface area contributed by atoms with Crippen molar-refractivity contribution >= 4 is 23.3 Å². The number of carboxylic acid groups (broad SMARTS) is 2. The topological polar surface area (TPSA) is 87.5 Å². The quantitative estimate of drug-likeness (QED) is 0.803. The Labute approximate surface area is 103 Å². The number of carbonyl (C=O) groups is 2. The summed E-state index contributed by atoms with van der Waals surface area (Å²) in [5, 5.41) is 19.9. The van der Waals surface area contributed by atoms with Gasteiger partial charge in [-0.05, 0) is 0 Å². The Bertz CT molecular complexity index is 419. The first-order valence-electron chi connectivity index (χ1n) is 5.12. The minimum atomic E-state index is -1.42. The lowest BCUT2D eigenvalue weighted by Crippen LogP contribution is -2.25. The van der Waals surface area contributed by atoms with Gasteiger partial charge in [0.05, 0.1) is 10.7 Å². The van der Waals surface area contributed by atoms with Gasteiger partial charge < -0.3 is 10.2 Å². The molecule has 0 radical (unpaired) electrons. The van der Waals surface area contributed by atoms with Crippen LogP contribution in [0.2, 0.25) is 0 Å². The number of carboxylic acids is 2. The van der Waals surface area contributed by atoms with E-state index in [9.17, 15) is 9.59 Å². The molecule has 1 rings (SSSR count). The second kappa shape index (κ2) is 4.83. The van der Waals surface area contributed by atoms with Gasteiger partial charge in [-0.3, -0.25) is 9.59 Å². The first-order chi connectivity index (χ1) is 7.71. The molecule has 0 saturated carbocycles. The molecule has 0 saturated heterocycles. The lowest BCUT2D eigenvalue weighted by Gasteiger charge is -2.14. The number of rotatable bonds is 4. The highest BCUT2D eigenvalue weighted by Crippen LogP contribution is 2.25. The minimum Gasteiger partial charge on any atom is -0.481 e. The fourth-order valence-corrected chi connectivity index (χ4v) is 2.27. The van der Waals surface area contributed by atoms with Gasteiger partial charge in [0.25, 0.3) is 0 Å². The molecule has 1 heterocycles. The second-order valence-corrected chi connectivity index (χ2v) is 5.75. The first kappa shape index (κ1) is 13.6. The highest BCUT2D eigenvalue weighted by molar-refractivity contribution is 7.09. The summed E-state index contributed by atoms with van der Waals surface area (Å²) in [6.07, 6.45) is -0.0641. The lowest BCUT2D eigenvalue weighted by molar-refractivity contribution is -0.154. The molecule has 0 aliphatic rings. The van der Waals surface area contributed by atoms with E-state index in [1.54, 1.807) is 0 Å². The predicted molar refractivity (Wildman–Crippen MR) is 63.3 cm³/mol. The van der Waals surface area contributed by atoms with E-state index < -0.39 is 17.9 Å². The third-order valence-electron chi connectivity index (χ3n) is 2.30. The molecule has 1 aromatic heterocycles. The summed E-state index contributed by atoms with van der Waals surface area (Å²) < 4.78 is 0. The average molecular weight is 257 g/mol. The zero-order chi connectivity index (χ0) is 13.2. The molecule has 0 atom stereocenters. The lowest BCUT2D eigenvalue weighted by atomic mass is 9.93. The number of thiazole rings is 1. The fourth-order valence-electron chi connectivity index (χ4n) is 1.20. The second-order valence-electron chi connectivity index (χ2n) is 4.81. The Morgan fingerprint density at radius 2 is 1.88 bits per heavy atom. The van der Waals surface area contributed by atoms with Crippen LogP contribution >= 0.6 is 11.3 Å². The van der Waals surface area contributed by atoms with Gasteiger partial charge in [0, 0.05) is 17.2 Å². The van der Waals surface area contributed by atoms with Crippen molar-refractivity contribution in [2.24, 2.45) is 5.92 Å². The molecule has 0 aromatic carbocycles. The van der Waals surface area contributed by atoms with Crippen LogP contribution in [-0.2, 0) is 21.4 Å². The zero-order valence-corrected chi connectivity index (χ0v) is 10.7. The third kappa shape index (κ3) is 3.52. The molecule has 0 fully saturated rings. The predicted octanol–water partition coefficient (Wildman–Crippen LogP) is 1.77. The summed E-state index contributed by atoms with van der Waals surface area (Å²) in [6.45, 7) is 5.99. The summed E-state index contributed by atoms with van der Waals surface area (Å²) in [6, 6.07) is 0. The monoisotopic (exact) mass is 257 g/mol.